The van der Waals surface area contributed by atoms with Crippen LogP contribution in [0.1, 0.15) is 40.5 Å². The van der Waals surface area contributed by atoms with Crippen LogP contribution in [0.3, 0.4) is 0 Å². The Labute approximate surface area is 150 Å². The zero-order chi connectivity index (χ0) is 18.7. The summed E-state index contributed by atoms with van der Waals surface area (Å²) in [7, 11) is 0. The van der Waals surface area contributed by atoms with Crippen molar-refractivity contribution in [1.82, 2.24) is 0 Å². The van der Waals surface area contributed by atoms with Crippen LogP contribution < -0.4 is 10.6 Å². The number of carbonyl (C=O) groups is 2. The average molecular weight is 340 g/mol. The van der Waals surface area contributed by atoms with Crippen molar-refractivity contribution in [2.45, 2.75) is 40.5 Å². The fraction of sp³-hybridized carbons (Fsp3) is 0.333. The zero-order valence-corrected chi connectivity index (χ0v) is 15.5. The third kappa shape index (κ3) is 5.45. The summed E-state index contributed by atoms with van der Waals surface area (Å²) in [5, 5.41) is 5.62. The van der Waals surface area contributed by atoms with E-state index >= 15 is 0 Å². The van der Waals surface area contributed by atoms with Gasteiger partial charge >= 0.3 is 0 Å². The largest absolute Gasteiger partial charge is 0.325 e. The molecule has 0 aromatic heterocycles. The lowest BCUT2D eigenvalue weighted by molar-refractivity contribution is -0.131. The van der Waals surface area contributed by atoms with Gasteiger partial charge in [0.05, 0.1) is 0 Å². The highest BCUT2D eigenvalue weighted by Crippen LogP contribution is 2.47. The topological polar surface area (TPSA) is 58.2 Å². The molecule has 0 spiro atoms. The van der Waals surface area contributed by atoms with Crippen LogP contribution in [-0.4, -0.2) is 11.8 Å². The molecule has 1 saturated carbocycles. The van der Waals surface area contributed by atoms with Crippen LogP contribution in [-0.2, 0) is 9.59 Å². The molecule has 0 atom stereocenters. The molecular weight excluding hydrogens is 312 g/mol. The highest BCUT2D eigenvalue weighted by atomic mass is 16.2. The van der Waals surface area contributed by atoms with Gasteiger partial charge < -0.3 is 10.6 Å². The van der Waals surface area contributed by atoms with E-state index in [4.69, 9.17) is 0 Å². The second kappa shape index (κ2) is 10.3. The number of hydrogen-bond donors (Lipinski definition) is 2. The van der Waals surface area contributed by atoms with Crippen LogP contribution in [0.4, 0.5) is 11.4 Å². The number of para-hydroxylation sites is 2. The van der Waals surface area contributed by atoms with Gasteiger partial charge in [-0.1, -0.05) is 64.1 Å². The Kier molecular flexibility index (Phi) is 8.40. The molecule has 2 aromatic rings. The van der Waals surface area contributed by atoms with Gasteiger partial charge in [0, 0.05) is 11.4 Å². The predicted octanol–water partition coefficient (Wildman–Crippen LogP) is 5.10. The van der Waals surface area contributed by atoms with Crippen molar-refractivity contribution in [1.29, 1.82) is 0 Å². The number of rotatable bonds is 4. The third-order valence-electron chi connectivity index (χ3n) is 3.68. The number of nitrogens with one attached hydrogen (secondary N) is 2. The smallest absolute Gasteiger partial charge is 0.240 e. The molecule has 2 N–H and O–H groups in total. The van der Waals surface area contributed by atoms with Crippen molar-refractivity contribution in [2.75, 3.05) is 10.6 Å². The molecule has 0 radical (unpaired) electrons. The van der Waals surface area contributed by atoms with Crippen LogP contribution in [0, 0.1) is 5.41 Å². The minimum atomic E-state index is -0.925. The molecule has 1 fully saturated rings. The van der Waals surface area contributed by atoms with Gasteiger partial charge in [-0.05, 0) is 37.1 Å². The van der Waals surface area contributed by atoms with Crippen LogP contribution >= 0.6 is 0 Å². The molecule has 2 amide bonds. The Morgan fingerprint density at radius 1 is 0.680 bits per heavy atom. The van der Waals surface area contributed by atoms with E-state index in [9.17, 15) is 9.59 Å². The molecule has 0 heterocycles. The molecule has 0 saturated heterocycles. The summed E-state index contributed by atoms with van der Waals surface area (Å²) in [5.74, 6) is -0.468. The highest BCUT2D eigenvalue weighted by molar-refractivity contribution is 6.16. The number of carbonyl (C=O) groups excluding carboxylic acids is 2. The number of anilines is 2. The van der Waals surface area contributed by atoms with Crippen LogP contribution in [0.5, 0.6) is 0 Å². The molecule has 3 rings (SSSR count). The summed E-state index contributed by atoms with van der Waals surface area (Å²) in [6.45, 7) is 8.00. The van der Waals surface area contributed by atoms with Gasteiger partial charge in [0.25, 0.3) is 0 Å². The van der Waals surface area contributed by atoms with E-state index in [1.165, 1.54) is 0 Å². The molecule has 134 valence electrons. The van der Waals surface area contributed by atoms with Crippen molar-refractivity contribution >= 4 is 23.2 Å². The van der Waals surface area contributed by atoms with E-state index in [0.29, 0.717) is 24.2 Å². The van der Waals surface area contributed by atoms with E-state index in [0.717, 1.165) is 0 Å². The van der Waals surface area contributed by atoms with Crippen LogP contribution in [0.2, 0.25) is 0 Å². The summed E-state index contributed by atoms with van der Waals surface area (Å²) in [6, 6.07) is 18.4. The molecule has 1 aliphatic carbocycles. The lowest BCUT2D eigenvalue weighted by Gasteiger charge is -2.15. The average Bonchev–Trinajstić information content (AvgIpc) is 3.49. The van der Waals surface area contributed by atoms with Gasteiger partial charge in [0.2, 0.25) is 11.8 Å². The van der Waals surface area contributed by atoms with Crippen molar-refractivity contribution in [3.05, 3.63) is 60.7 Å². The normalized spacial score (nSPS) is 13.1. The Morgan fingerprint density at radius 2 is 1.00 bits per heavy atom. The zero-order valence-electron chi connectivity index (χ0n) is 15.5. The van der Waals surface area contributed by atoms with E-state index in [1.807, 2.05) is 88.4 Å². The molecular formula is C21H28N2O2. The van der Waals surface area contributed by atoms with Gasteiger partial charge in [-0.3, -0.25) is 9.59 Å². The maximum absolute atomic E-state index is 12.4. The molecule has 0 aliphatic heterocycles. The first-order chi connectivity index (χ1) is 12.2. The molecule has 25 heavy (non-hydrogen) atoms. The number of amides is 2. The second-order valence-corrected chi connectivity index (χ2v) is 5.22. The van der Waals surface area contributed by atoms with E-state index in [-0.39, 0.29) is 11.8 Å². The summed E-state index contributed by atoms with van der Waals surface area (Å²) >= 11 is 0. The quantitative estimate of drug-likeness (QED) is 0.761. The van der Waals surface area contributed by atoms with Gasteiger partial charge in [-0.25, -0.2) is 0 Å². The molecule has 0 unspecified atom stereocenters. The maximum Gasteiger partial charge on any atom is 0.240 e. The summed E-state index contributed by atoms with van der Waals surface area (Å²) < 4.78 is 0. The second-order valence-electron chi connectivity index (χ2n) is 5.22. The Hall–Kier alpha value is -2.62. The van der Waals surface area contributed by atoms with Crippen molar-refractivity contribution in [3.8, 4) is 0 Å². The summed E-state index contributed by atoms with van der Waals surface area (Å²) in [6.07, 6.45) is 1.18. The van der Waals surface area contributed by atoms with Gasteiger partial charge in [-0.2, -0.15) is 0 Å². The lowest BCUT2D eigenvalue weighted by Crippen LogP contribution is -2.35. The van der Waals surface area contributed by atoms with Gasteiger partial charge in [0.15, 0.2) is 0 Å². The van der Waals surface area contributed by atoms with Crippen molar-refractivity contribution in [2.24, 2.45) is 5.41 Å². The van der Waals surface area contributed by atoms with Crippen LogP contribution in [0.25, 0.3) is 0 Å². The first-order valence-electron chi connectivity index (χ1n) is 8.94. The minimum Gasteiger partial charge on any atom is -0.325 e. The van der Waals surface area contributed by atoms with Gasteiger partial charge in [-0.15, -0.1) is 0 Å². The maximum atomic E-state index is 12.4. The lowest BCUT2D eigenvalue weighted by atomic mass is 10.0. The number of benzene rings is 2. The van der Waals surface area contributed by atoms with Gasteiger partial charge in [0.1, 0.15) is 5.41 Å². The summed E-state index contributed by atoms with van der Waals surface area (Å²) in [5.41, 5.74) is 0.494. The monoisotopic (exact) mass is 340 g/mol. The predicted molar refractivity (Wildman–Crippen MR) is 105 cm³/mol. The SMILES string of the molecule is CC.CC.O=C(Nc1ccccc1)C1(C(=O)Nc2ccccc2)CC1. The molecule has 2 aromatic carbocycles. The first-order valence-corrected chi connectivity index (χ1v) is 8.94. The summed E-state index contributed by atoms with van der Waals surface area (Å²) in [4.78, 5) is 24.7. The highest BCUT2D eigenvalue weighted by Gasteiger charge is 2.56. The Balaban J connectivity index is 0.000000730. The van der Waals surface area contributed by atoms with E-state index in [1.54, 1.807) is 0 Å². The fourth-order valence-corrected chi connectivity index (χ4v) is 2.23. The number of hydrogen-bond acceptors (Lipinski definition) is 2. The minimum absolute atomic E-state index is 0.234. The third-order valence-corrected chi connectivity index (χ3v) is 3.68. The van der Waals surface area contributed by atoms with Crippen molar-refractivity contribution in [3.63, 3.8) is 0 Å². The molecule has 0 bridgehead atoms. The molecule has 1 aliphatic rings. The fourth-order valence-electron chi connectivity index (χ4n) is 2.23. The standard InChI is InChI=1S/C17H16N2O2.2C2H6/c20-15(18-13-7-3-1-4-8-13)17(11-12-17)16(21)19-14-9-5-2-6-10-14;2*1-2/h1-10H,11-12H2,(H,18,20)(H,19,21);2*1-2H3. The molecule has 4 nitrogen and oxygen atoms in total. The van der Waals surface area contributed by atoms with E-state index < -0.39 is 5.41 Å². The molecule has 4 heteroatoms. The first kappa shape index (κ1) is 20.4. The van der Waals surface area contributed by atoms with E-state index in [2.05, 4.69) is 10.6 Å². The Bertz CT molecular complexity index is 595. The van der Waals surface area contributed by atoms with Crippen molar-refractivity contribution < 1.29 is 9.59 Å². The Morgan fingerprint density at radius 3 is 1.28 bits per heavy atom. The van der Waals surface area contributed by atoms with Crippen LogP contribution in [0.15, 0.2) is 60.7 Å².